The molecule has 80 valence electrons. The first kappa shape index (κ1) is 11.0. The lowest BCUT2D eigenvalue weighted by Gasteiger charge is -2.37. The Morgan fingerprint density at radius 3 is 2.50 bits per heavy atom. The molecule has 1 rings (SSSR count). The van der Waals surface area contributed by atoms with Gasteiger partial charge < -0.3 is 10.2 Å². The lowest BCUT2D eigenvalue weighted by atomic mass is 9.66. The molecule has 0 aromatic heterocycles. The van der Waals surface area contributed by atoms with Gasteiger partial charge in [-0.05, 0) is 25.7 Å². The van der Waals surface area contributed by atoms with Gasteiger partial charge in [-0.15, -0.1) is 0 Å². The molecule has 1 fully saturated rings. The Hall–Kier alpha value is -1.06. The third-order valence-corrected chi connectivity index (χ3v) is 3.31. The van der Waals surface area contributed by atoms with E-state index < -0.39 is 17.4 Å². The van der Waals surface area contributed by atoms with Gasteiger partial charge in [0.1, 0.15) is 0 Å². The van der Waals surface area contributed by atoms with Crippen molar-refractivity contribution >= 4 is 11.9 Å². The average molecular weight is 200 g/mol. The minimum atomic E-state index is -0.899. The monoisotopic (exact) mass is 200 g/mol. The number of hydrogen-bond donors (Lipinski definition) is 2. The number of aliphatic carboxylic acids is 2. The summed E-state index contributed by atoms with van der Waals surface area (Å²) < 4.78 is 0. The molecule has 0 saturated heterocycles. The first-order valence-electron chi connectivity index (χ1n) is 4.92. The van der Waals surface area contributed by atoms with Crippen molar-refractivity contribution in [3.8, 4) is 0 Å². The zero-order valence-electron chi connectivity index (χ0n) is 8.32. The van der Waals surface area contributed by atoms with E-state index in [0.717, 1.165) is 19.3 Å². The second-order valence-corrected chi connectivity index (χ2v) is 4.26. The summed E-state index contributed by atoms with van der Waals surface area (Å²) in [4.78, 5) is 21.7. The maximum Gasteiger partial charge on any atom is 0.309 e. The summed E-state index contributed by atoms with van der Waals surface area (Å²) in [7, 11) is 0. The Morgan fingerprint density at radius 1 is 1.36 bits per heavy atom. The van der Waals surface area contributed by atoms with Gasteiger partial charge in [-0.1, -0.05) is 12.8 Å². The molecule has 0 spiro atoms. The van der Waals surface area contributed by atoms with E-state index in [2.05, 4.69) is 0 Å². The van der Waals surface area contributed by atoms with Crippen LogP contribution in [0.4, 0.5) is 0 Å². The van der Waals surface area contributed by atoms with Crippen molar-refractivity contribution in [2.45, 2.75) is 39.0 Å². The maximum atomic E-state index is 11.1. The number of carbonyl (C=O) groups is 2. The molecule has 2 unspecified atom stereocenters. The quantitative estimate of drug-likeness (QED) is 0.727. The summed E-state index contributed by atoms with van der Waals surface area (Å²) in [6, 6.07) is 0. The largest absolute Gasteiger partial charge is 0.481 e. The fraction of sp³-hybridized carbons (Fsp3) is 0.800. The molecule has 0 aromatic carbocycles. The van der Waals surface area contributed by atoms with Gasteiger partial charge in [0.2, 0.25) is 0 Å². The highest BCUT2D eigenvalue weighted by atomic mass is 16.4. The molecule has 0 heterocycles. The third kappa shape index (κ3) is 2.05. The van der Waals surface area contributed by atoms with Gasteiger partial charge in [-0.2, -0.15) is 0 Å². The molecule has 2 N–H and O–H groups in total. The van der Waals surface area contributed by atoms with Crippen LogP contribution in [-0.2, 0) is 9.59 Å². The highest BCUT2D eigenvalue weighted by molar-refractivity contribution is 5.76. The maximum absolute atomic E-state index is 11.1. The van der Waals surface area contributed by atoms with Gasteiger partial charge in [-0.3, -0.25) is 9.59 Å². The van der Waals surface area contributed by atoms with E-state index in [1.54, 1.807) is 6.92 Å². The zero-order valence-corrected chi connectivity index (χ0v) is 8.32. The molecule has 4 nitrogen and oxygen atoms in total. The van der Waals surface area contributed by atoms with Crippen molar-refractivity contribution in [2.24, 2.45) is 11.3 Å². The van der Waals surface area contributed by atoms with E-state index >= 15 is 0 Å². The third-order valence-electron chi connectivity index (χ3n) is 3.31. The normalized spacial score (nSPS) is 32.5. The summed E-state index contributed by atoms with van der Waals surface area (Å²) in [6.45, 7) is 1.67. The predicted octanol–water partition coefficient (Wildman–Crippen LogP) is 1.74. The van der Waals surface area contributed by atoms with Crippen molar-refractivity contribution in [3.63, 3.8) is 0 Å². The number of carboxylic acids is 2. The van der Waals surface area contributed by atoms with E-state index in [0.29, 0.717) is 6.42 Å². The molecule has 0 radical (unpaired) electrons. The van der Waals surface area contributed by atoms with Gasteiger partial charge in [0, 0.05) is 6.42 Å². The summed E-state index contributed by atoms with van der Waals surface area (Å²) in [5, 5.41) is 17.8. The van der Waals surface area contributed by atoms with Gasteiger partial charge >= 0.3 is 11.9 Å². The summed E-state index contributed by atoms with van der Waals surface area (Å²) >= 11 is 0. The van der Waals surface area contributed by atoms with Crippen molar-refractivity contribution < 1.29 is 19.8 Å². The zero-order chi connectivity index (χ0) is 10.8. The van der Waals surface area contributed by atoms with Crippen molar-refractivity contribution in [1.82, 2.24) is 0 Å². The van der Waals surface area contributed by atoms with E-state index in [4.69, 9.17) is 10.2 Å². The molecule has 1 aliphatic rings. The highest BCUT2D eigenvalue weighted by Crippen LogP contribution is 2.42. The Bertz CT molecular complexity index is 249. The van der Waals surface area contributed by atoms with Gasteiger partial charge in [-0.25, -0.2) is 0 Å². The van der Waals surface area contributed by atoms with Gasteiger partial charge in [0.25, 0.3) is 0 Å². The van der Waals surface area contributed by atoms with Crippen LogP contribution in [0.1, 0.15) is 39.0 Å². The van der Waals surface area contributed by atoms with Crippen LogP contribution >= 0.6 is 0 Å². The molecule has 0 aliphatic heterocycles. The molecular weight excluding hydrogens is 184 g/mol. The fourth-order valence-corrected chi connectivity index (χ4v) is 2.23. The van der Waals surface area contributed by atoms with Crippen LogP contribution in [0.2, 0.25) is 0 Å². The molecule has 4 heteroatoms. The molecule has 1 saturated carbocycles. The van der Waals surface area contributed by atoms with Crippen molar-refractivity contribution in [3.05, 3.63) is 0 Å². The van der Waals surface area contributed by atoms with Crippen LogP contribution in [0.25, 0.3) is 0 Å². The summed E-state index contributed by atoms with van der Waals surface area (Å²) in [5.41, 5.74) is -0.837. The van der Waals surface area contributed by atoms with Crippen LogP contribution in [-0.4, -0.2) is 22.2 Å². The second-order valence-electron chi connectivity index (χ2n) is 4.26. The topological polar surface area (TPSA) is 74.6 Å². The minimum absolute atomic E-state index is 0.0250. The number of rotatable bonds is 3. The molecule has 14 heavy (non-hydrogen) atoms. The first-order chi connectivity index (χ1) is 6.47. The number of carboxylic acid groups (broad SMARTS) is 2. The lowest BCUT2D eigenvalue weighted by Crippen LogP contribution is -2.39. The average Bonchev–Trinajstić information content (AvgIpc) is 2.08. The molecule has 2 atom stereocenters. The SMILES string of the molecule is CC1(C(=O)O)CCCCC1CC(=O)O. The molecular formula is C10H16O4. The number of hydrogen-bond acceptors (Lipinski definition) is 2. The molecule has 0 amide bonds. The van der Waals surface area contributed by atoms with Crippen molar-refractivity contribution in [2.75, 3.05) is 0 Å². The van der Waals surface area contributed by atoms with E-state index in [1.165, 1.54) is 0 Å². The van der Waals surface area contributed by atoms with Crippen LogP contribution < -0.4 is 0 Å². The summed E-state index contributed by atoms with van der Waals surface area (Å²) in [5.74, 6) is -1.97. The van der Waals surface area contributed by atoms with E-state index in [9.17, 15) is 9.59 Å². The van der Waals surface area contributed by atoms with Gasteiger partial charge in [0.05, 0.1) is 5.41 Å². The highest BCUT2D eigenvalue weighted by Gasteiger charge is 2.43. The van der Waals surface area contributed by atoms with Crippen LogP contribution in [0.15, 0.2) is 0 Å². The second kappa shape index (κ2) is 3.98. The Kier molecular flexibility index (Phi) is 3.13. The lowest BCUT2D eigenvalue weighted by molar-refractivity contribution is -0.155. The standard InChI is InChI=1S/C10H16O4/c1-10(9(13)14)5-3-2-4-7(10)6-8(11)12/h7H,2-6H2,1H3,(H,11,12)(H,13,14). The minimum Gasteiger partial charge on any atom is -0.481 e. The van der Waals surface area contributed by atoms with E-state index in [1.807, 2.05) is 0 Å². The molecule has 1 aliphatic carbocycles. The first-order valence-corrected chi connectivity index (χ1v) is 4.92. The fourth-order valence-electron chi connectivity index (χ4n) is 2.23. The van der Waals surface area contributed by atoms with Gasteiger partial charge in [0.15, 0.2) is 0 Å². The Balaban J connectivity index is 2.77. The van der Waals surface area contributed by atoms with E-state index in [-0.39, 0.29) is 12.3 Å². The Labute approximate surface area is 82.9 Å². The summed E-state index contributed by atoms with van der Waals surface area (Å²) in [6.07, 6.45) is 3.12. The Morgan fingerprint density at radius 2 is 2.00 bits per heavy atom. The predicted molar refractivity (Wildman–Crippen MR) is 50.0 cm³/mol. The smallest absolute Gasteiger partial charge is 0.309 e. The van der Waals surface area contributed by atoms with Crippen LogP contribution in [0.5, 0.6) is 0 Å². The molecule has 0 aromatic rings. The van der Waals surface area contributed by atoms with Crippen molar-refractivity contribution in [1.29, 1.82) is 0 Å². The molecule has 0 bridgehead atoms. The van der Waals surface area contributed by atoms with Crippen LogP contribution in [0, 0.1) is 11.3 Å². The van der Waals surface area contributed by atoms with Crippen LogP contribution in [0.3, 0.4) is 0 Å².